The van der Waals surface area contributed by atoms with Crippen LogP contribution < -0.4 is 5.43 Å². The molecule has 0 unspecified atom stereocenters. The Morgan fingerprint density at radius 1 is 1.47 bits per heavy atom. The number of rotatable bonds is 3. The third kappa shape index (κ3) is 2.69. The highest BCUT2D eigenvalue weighted by Gasteiger charge is 2.07. The molecule has 1 amide bonds. The van der Waals surface area contributed by atoms with Gasteiger partial charge in [0.05, 0.1) is 11.9 Å². The van der Waals surface area contributed by atoms with Crippen LogP contribution in [0, 0.1) is 6.92 Å². The van der Waals surface area contributed by atoms with Crippen LogP contribution in [0.25, 0.3) is 0 Å². The molecule has 1 aromatic heterocycles. The number of aryl methyl sites for hydroxylation is 2. The van der Waals surface area contributed by atoms with E-state index in [2.05, 4.69) is 15.6 Å². The molecule has 5 heteroatoms. The molecule has 1 heterocycles. The first kappa shape index (κ1) is 11.3. The Kier molecular flexibility index (Phi) is 3.18. The van der Waals surface area contributed by atoms with E-state index in [1.54, 1.807) is 12.3 Å². The molecular weight excluding hydrogens is 216 g/mol. The number of amides is 1. The lowest BCUT2D eigenvalue weighted by Crippen LogP contribution is -2.25. The van der Waals surface area contributed by atoms with Crippen LogP contribution in [0.5, 0.6) is 0 Å². The van der Waals surface area contributed by atoms with Crippen LogP contribution in [0.3, 0.4) is 0 Å². The van der Waals surface area contributed by atoms with Crippen molar-refractivity contribution in [1.29, 1.82) is 0 Å². The van der Waals surface area contributed by atoms with E-state index in [0.717, 1.165) is 17.7 Å². The Labute approximate surface area is 99.4 Å². The third-order valence-corrected chi connectivity index (χ3v) is 2.38. The van der Waals surface area contributed by atoms with Gasteiger partial charge >= 0.3 is 0 Å². The smallest absolute Gasteiger partial charge is 0.267 e. The van der Waals surface area contributed by atoms with E-state index in [1.165, 1.54) is 4.91 Å². The maximum atomic E-state index is 11.9. The number of aromatic nitrogens is 3. The van der Waals surface area contributed by atoms with Crippen LogP contribution >= 0.6 is 0 Å². The van der Waals surface area contributed by atoms with Crippen LogP contribution in [-0.4, -0.2) is 21.0 Å². The quantitative estimate of drug-likeness (QED) is 0.869. The second-order valence-corrected chi connectivity index (χ2v) is 3.79. The van der Waals surface area contributed by atoms with Crippen molar-refractivity contribution >= 4 is 5.91 Å². The largest absolute Gasteiger partial charge is 0.272 e. The van der Waals surface area contributed by atoms with Gasteiger partial charge in [-0.1, -0.05) is 29.5 Å². The number of nitrogens with zero attached hydrogens (tertiary/aromatic N) is 3. The van der Waals surface area contributed by atoms with Gasteiger partial charge < -0.3 is 0 Å². The van der Waals surface area contributed by atoms with Gasteiger partial charge in [0.1, 0.15) is 0 Å². The molecular formula is C12H14N4O. The SMILES string of the molecule is CCc1cnn(NC(=O)c2cccc(C)c2)n1. The number of carbonyl (C=O) groups is 1. The molecule has 88 valence electrons. The second-order valence-electron chi connectivity index (χ2n) is 3.79. The monoisotopic (exact) mass is 230 g/mol. The summed E-state index contributed by atoms with van der Waals surface area (Å²) in [7, 11) is 0. The van der Waals surface area contributed by atoms with Crippen molar-refractivity contribution in [2.24, 2.45) is 0 Å². The van der Waals surface area contributed by atoms with Gasteiger partial charge in [0.2, 0.25) is 0 Å². The summed E-state index contributed by atoms with van der Waals surface area (Å²) in [6.07, 6.45) is 2.43. The topological polar surface area (TPSA) is 59.8 Å². The molecule has 0 atom stereocenters. The van der Waals surface area contributed by atoms with E-state index < -0.39 is 0 Å². The lowest BCUT2D eigenvalue weighted by Gasteiger charge is -2.03. The summed E-state index contributed by atoms with van der Waals surface area (Å²) in [5.41, 5.74) is 5.08. The fourth-order valence-corrected chi connectivity index (χ4v) is 1.45. The zero-order valence-corrected chi connectivity index (χ0v) is 9.84. The number of nitrogens with one attached hydrogen (secondary N) is 1. The summed E-state index contributed by atoms with van der Waals surface area (Å²) < 4.78 is 0. The molecule has 0 radical (unpaired) electrons. The Morgan fingerprint density at radius 2 is 2.29 bits per heavy atom. The maximum Gasteiger partial charge on any atom is 0.272 e. The van der Waals surface area contributed by atoms with Crippen molar-refractivity contribution in [1.82, 2.24) is 15.1 Å². The molecule has 0 aliphatic carbocycles. The van der Waals surface area contributed by atoms with Crippen molar-refractivity contribution in [2.45, 2.75) is 20.3 Å². The fourth-order valence-electron chi connectivity index (χ4n) is 1.45. The standard InChI is InChI=1S/C12H14N4O/c1-3-11-8-13-16(14-11)15-12(17)10-6-4-5-9(2)7-10/h4-8H,3H2,1-2H3,(H,15,17). The molecule has 2 rings (SSSR count). The van der Waals surface area contributed by atoms with Gasteiger partial charge in [-0.25, -0.2) is 5.43 Å². The van der Waals surface area contributed by atoms with E-state index in [1.807, 2.05) is 32.0 Å². The molecule has 0 saturated heterocycles. The second kappa shape index (κ2) is 4.78. The Morgan fingerprint density at radius 3 is 2.94 bits per heavy atom. The number of hydrogen-bond acceptors (Lipinski definition) is 3. The minimum absolute atomic E-state index is 0.216. The van der Waals surface area contributed by atoms with Gasteiger partial charge in [0.25, 0.3) is 5.91 Å². The summed E-state index contributed by atoms with van der Waals surface area (Å²) in [4.78, 5) is 13.0. The van der Waals surface area contributed by atoms with Crippen molar-refractivity contribution in [2.75, 3.05) is 5.43 Å². The normalized spacial score (nSPS) is 10.2. The molecule has 1 N–H and O–H groups in total. The van der Waals surface area contributed by atoms with E-state index in [0.29, 0.717) is 5.56 Å². The molecule has 0 spiro atoms. The number of hydrogen-bond donors (Lipinski definition) is 1. The average Bonchev–Trinajstić information content (AvgIpc) is 2.77. The predicted molar refractivity (Wildman–Crippen MR) is 64.3 cm³/mol. The van der Waals surface area contributed by atoms with Gasteiger partial charge in [0.15, 0.2) is 0 Å². The molecule has 17 heavy (non-hydrogen) atoms. The van der Waals surface area contributed by atoms with Gasteiger partial charge in [-0.05, 0) is 25.5 Å². The van der Waals surface area contributed by atoms with Gasteiger partial charge in [-0.15, -0.1) is 10.2 Å². The van der Waals surface area contributed by atoms with Gasteiger partial charge in [0, 0.05) is 5.56 Å². The first-order valence-electron chi connectivity index (χ1n) is 5.48. The predicted octanol–water partition coefficient (Wildman–Crippen LogP) is 1.53. The highest BCUT2D eigenvalue weighted by molar-refractivity contribution is 5.99. The van der Waals surface area contributed by atoms with Crippen LogP contribution in [0.2, 0.25) is 0 Å². The Balaban J connectivity index is 2.11. The summed E-state index contributed by atoms with van der Waals surface area (Å²) in [6.45, 7) is 3.93. The first-order valence-corrected chi connectivity index (χ1v) is 5.48. The zero-order valence-electron chi connectivity index (χ0n) is 9.84. The first-order chi connectivity index (χ1) is 8.19. The van der Waals surface area contributed by atoms with Crippen LogP contribution in [0.4, 0.5) is 0 Å². The summed E-state index contributed by atoms with van der Waals surface area (Å²) in [5.74, 6) is -0.216. The fraction of sp³-hybridized carbons (Fsp3) is 0.250. The van der Waals surface area contributed by atoms with E-state index in [9.17, 15) is 4.79 Å². The van der Waals surface area contributed by atoms with Crippen molar-refractivity contribution in [3.05, 3.63) is 47.3 Å². The minimum atomic E-state index is -0.216. The molecule has 5 nitrogen and oxygen atoms in total. The third-order valence-electron chi connectivity index (χ3n) is 2.38. The molecule has 2 aromatic rings. The zero-order chi connectivity index (χ0) is 12.3. The lowest BCUT2D eigenvalue weighted by atomic mass is 10.1. The number of carbonyl (C=O) groups excluding carboxylic acids is 1. The van der Waals surface area contributed by atoms with Crippen molar-refractivity contribution in [3.63, 3.8) is 0 Å². The van der Waals surface area contributed by atoms with E-state index >= 15 is 0 Å². The minimum Gasteiger partial charge on any atom is -0.267 e. The maximum absolute atomic E-state index is 11.9. The lowest BCUT2D eigenvalue weighted by molar-refractivity contribution is 0.100. The highest BCUT2D eigenvalue weighted by Crippen LogP contribution is 2.03. The Bertz CT molecular complexity index is 533. The Hall–Kier alpha value is -2.17. The molecule has 1 aromatic carbocycles. The molecule has 0 aliphatic heterocycles. The van der Waals surface area contributed by atoms with Crippen molar-refractivity contribution in [3.8, 4) is 0 Å². The van der Waals surface area contributed by atoms with Crippen molar-refractivity contribution < 1.29 is 4.79 Å². The average molecular weight is 230 g/mol. The van der Waals surface area contributed by atoms with Gasteiger partial charge in [-0.3, -0.25) is 4.79 Å². The van der Waals surface area contributed by atoms with Crippen LogP contribution in [-0.2, 0) is 6.42 Å². The summed E-state index contributed by atoms with van der Waals surface area (Å²) in [5, 5.41) is 8.04. The molecule has 0 saturated carbocycles. The summed E-state index contributed by atoms with van der Waals surface area (Å²) >= 11 is 0. The molecule has 0 bridgehead atoms. The highest BCUT2D eigenvalue weighted by atomic mass is 16.2. The van der Waals surface area contributed by atoms with Gasteiger partial charge in [-0.2, -0.15) is 0 Å². The van der Waals surface area contributed by atoms with Crippen LogP contribution in [0.1, 0.15) is 28.5 Å². The van der Waals surface area contributed by atoms with E-state index in [-0.39, 0.29) is 5.91 Å². The number of benzene rings is 1. The molecule has 0 fully saturated rings. The molecule has 0 aliphatic rings. The van der Waals surface area contributed by atoms with Crippen LogP contribution in [0.15, 0.2) is 30.5 Å². The van der Waals surface area contributed by atoms with E-state index in [4.69, 9.17) is 0 Å². The summed E-state index contributed by atoms with van der Waals surface area (Å²) in [6, 6.07) is 7.36.